The van der Waals surface area contributed by atoms with Crippen molar-refractivity contribution >= 4 is 17.6 Å². The monoisotopic (exact) mass is 307 g/mol. The van der Waals surface area contributed by atoms with Crippen LogP contribution in [0.3, 0.4) is 0 Å². The van der Waals surface area contributed by atoms with Crippen LogP contribution in [0.2, 0.25) is 0 Å². The molecule has 5 nitrogen and oxygen atoms in total. The number of aliphatic carboxylic acids is 1. The molecule has 0 aromatic heterocycles. The van der Waals surface area contributed by atoms with E-state index in [4.69, 9.17) is 9.84 Å². The number of carboxylic acids is 1. The molecular weight excluding hydrogens is 282 g/mol. The van der Waals surface area contributed by atoms with Crippen molar-refractivity contribution in [3.8, 4) is 5.75 Å². The summed E-state index contributed by atoms with van der Waals surface area (Å²) in [7, 11) is 0. The lowest BCUT2D eigenvalue weighted by atomic mass is 10.1. The third-order valence-corrected chi connectivity index (χ3v) is 3.00. The highest BCUT2D eigenvalue weighted by Gasteiger charge is 2.11. The third-order valence-electron chi connectivity index (χ3n) is 3.00. The Kier molecular flexibility index (Phi) is 7.43. The van der Waals surface area contributed by atoms with E-state index in [2.05, 4.69) is 5.32 Å². The number of rotatable bonds is 9. The lowest BCUT2D eigenvalue weighted by Gasteiger charge is -2.14. The first-order valence-corrected chi connectivity index (χ1v) is 7.69. The summed E-state index contributed by atoms with van der Waals surface area (Å²) in [6, 6.07) is 5.43. The third kappa shape index (κ3) is 6.61. The van der Waals surface area contributed by atoms with Crippen LogP contribution in [-0.2, 0) is 16.0 Å². The van der Waals surface area contributed by atoms with Crippen LogP contribution in [0, 0.1) is 5.92 Å². The zero-order chi connectivity index (χ0) is 16.5. The van der Waals surface area contributed by atoms with Gasteiger partial charge in [0.2, 0.25) is 5.91 Å². The maximum atomic E-state index is 12.0. The Balaban J connectivity index is 2.87. The molecule has 0 aliphatic heterocycles. The number of anilines is 1. The number of nitrogens with one attached hydrogen (secondary N) is 1. The number of amides is 1. The van der Waals surface area contributed by atoms with E-state index < -0.39 is 5.97 Å². The van der Waals surface area contributed by atoms with Gasteiger partial charge in [-0.3, -0.25) is 9.59 Å². The number of carbonyl (C=O) groups is 2. The number of carboxylic acid groups (broad SMARTS) is 1. The fourth-order valence-corrected chi connectivity index (χ4v) is 1.99. The summed E-state index contributed by atoms with van der Waals surface area (Å²) in [5.74, 6) is -0.00308. The molecule has 0 aliphatic rings. The van der Waals surface area contributed by atoms with Crippen molar-refractivity contribution in [2.45, 2.75) is 46.5 Å². The summed E-state index contributed by atoms with van der Waals surface area (Å²) in [5.41, 5.74) is 1.48. The number of ether oxygens (including phenoxy) is 1. The predicted molar refractivity (Wildman–Crippen MR) is 86.3 cm³/mol. The van der Waals surface area contributed by atoms with E-state index in [1.807, 2.05) is 26.8 Å². The van der Waals surface area contributed by atoms with Gasteiger partial charge in [0.05, 0.1) is 12.3 Å². The van der Waals surface area contributed by atoms with Crippen LogP contribution >= 0.6 is 0 Å². The summed E-state index contributed by atoms with van der Waals surface area (Å²) >= 11 is 0. The van der Waals surface area contributed by atoms with E-state index >= 15 is 0 Å². The van der Waals surface area contributed by atoms with Crippen LogP contribution in [-0.4, -0.2) is 23.6 Å². The van der Waals surface area contributed by atoms with Crippen molar-refractivity contribution in [2.75, 3.05) is 11.9 Å². The number of carbonyl (C=O) groups excluding carboxylic acids is 1. The van der Waals surface area contributed by atoms with Gasteiger partial charge in [0.25, 0.3) is 0 Å². The van der Waals surface area contributed by atoms with Crippen molar-refractivity contribution in [3.05, 3.63) is 23.8 Å². The van der Waals surface area contributed by atoms with Crippen molar-refractivity contribution < 1.29 is 19.4 Å². The summed E-state index contributed by atoms with van der Waals surface area (Å²) in [5, 5.41) is 11.6. The Morgan fingerprint density at radius 2 is 2.05 bits per heavy atom. The average Bonchev–Trinajstić information content (AvgIpc) is 2.43. The zero-order valence-electron chi connectivity index (χ0n) is 13.5. The molecule has 22 heavy (non-hydrogen) atoms. The van der Waals surface area contributed by atoms with Gasteiger partial charge in [-0.25, -0.2) is 0 Å². The molecular formula is C17H25NO4. The molecule has 0 fully saturated rings. The molecule has 0 atom stereocenters. The highest BCUT2D eigenvalue weighted by atomic mass is 16.5. The second kappa shape index (κ2) is 9.07. The number of benzene rings is 1. The van der Waals surface area contributed by atoms with Crippen molar-refractivity contribution in [1.29, 1.82) is 0 Å². The Bertz CT molecular complexity index is 511. The van der Waals surface area contributed by atoms with Gasteiger partial charge in [-0.2, -0.15) is 0 Å². The molecule has 1 amide bonds. The van der Waals surface area contributed by atoms with Crippen LogP contribution < -0.4 is 10.1 Å². The minimum Gasteiger partial charge on any atom is -0.491 e. The lowest BCUT2D eigenvalue weighted by molar-refractivity contribution is -0.137. The fourth-order valence-electron chi connectivity index (χ4n) is 1.99. The van der Waals surface area contributed by atoms with E-state index in [1.54, 1.807) is 12.1 Å². The van der Waals surface area contributed by atoms with E-state index in [-0.39, 0.29) is 18.2 Å². The molecule has 0 aliphatic carbocycles. The van der Waals surface area contributed by atoms with Gasteiger partial charge in [0.1, 0.15) is 5.75 Å². The largest absolute Gasteiger partial charge is 0.491 e. The van der Waals surface area contributed by atoms with E-state index in [0.717, 1.165) is 12.0 Å². The van der Waals surface area contributed by atoms with Crippen molar-refractivity contribution in [1.82, 2.24) is 0 Å². The quantitative estimate of drug-likeness (QED) is 0.732. The molecule has 0 unspecified atom stereocenters. The van der Waals surface area contributed by atoms with E-state index in [9.17, 15) is 9.59 Å². The van der Waals surface area contributed by atoms with Crippen LogP contribution in [0.5, 0.6) is 5.75 Å². The van der Waals surface area contributed by atoms with Crippen molar-refractivity contribution in [3.63, 3.8) is 0 Å². The maximum Gasteiger partial charge on any atom is 0.303 e. The summed E-state index contributed by atoms with van der Waals surface area (Å²) < 4.78 is 5.64. The van der Waals surface area contributed by atoms with E-state index in [1.165, 1.54) is 0 Å². The first kappa shape index (κ1) is 18.0. The summed E-state index contributed by atoms with van der Waals surface area (Å²) in [4.78, 5) is 22.6. The Morgan fingerprint density at radius 3 is 2.64 bits per heavy atom. The maximum absolute atomic E-state index is 12.0. The molecule has 1 aromatic carbocycles. The molecule has 0 bridgehead atoms. The van der Waals surface area contributed by atoms with Crippen LogP contribution in [0.25, 0.3) is 0 Å². The minimum absolute atomic E-state index is 0.0632. The molecule has 1 aromatic rings. The first-order valence-electron chi connectivity index (χ1n) is 7.69. The molecule has 5 heteroatoms. The number of hydrogen-bond acceptors (Lipinski definition) is 3. The summed E-state index contributed by atoms with van der Waals surface area (Å²) in [6.45, 7) is 6.55. The first-order chi connectivity index (χ1) is 10.4. The Labute approximate surface area is 131 Å². The second-order valence-corrected chi connectivity index (χ2v) is 5.72. The zero-order valence-corrected chi connectivity index (χ0v) is 13.5. The molecule has 0 saturated carbocycles. The number of aryl methyl sites for hydroxylation is 1. The average molecular weight is 307 g/mol. The highest BCUT2D eigenvalue weighted by Crippen LogP contribution is 2.27. The van der Waals surface area contributed by atoms with Gasteiger partial charge in [-0.05, 0) is 36.5 Å². The molecule has 0 heterocycles. The lowest BCUT2D eigenvalue weighted by Crippen LogP contribution is -2.15. The molecule has 0 radical (unpaired) electrons. The molecule has 122 valence electrons. The number of hydrogen-bond donors (Lipinski definition) is 2. The highest BCUT2D eigenvalue weighted by molar-refractivity contribution is 5.92. The van der Waals surface area contributed by atoms with Gasteiger partial charge in [-0.15, -0.1) is 0 Å². The van der Waals surface area contributed by atoms with Gasteiger partial charge >= 0.3 is 5.97 Å². The molecule has 0 saturated heterocycles. The summed E-state index contributed by atoms with van der Waals surface area (Å²) in [6.07, 6.45) is 1.80. The fraction of sp³-hybridized carbons (Fsp3) is 0.529. The predicted octanol–water partition coefficient (Wildman–Crippen LogP) is 3.48. The van der Waals surface area contributed by atoms with Gasteiger partial charge in [0.15, 0.2) is 0 Å². The Morgan fingerprint density at radius 1 is 1.32 bits per heavy atom. The molecule has 1 rings (SSSR count). The second-order valence-electron chi connectivity index (χ2n) is 5.72. The minimum atomic E-state index is -0.836. The van der Waals surface area contributed by atoms with Gasteiger partial charge < -0.3 is 15.2 Å². The standard InChI is InChI=1S/C17H25NO4/c1-4-9-22-15-7-5-13(6-8-17(20)21)11-14(15)18-16(19)10-12(2)3/h5,7,11-12H,4,6,8-10H2,1-3H3,(H,18,19)(H,20,21). The van der Waals surface area contributed by atoms with Gasteiger partial charge in [0, 0.05) is 12.8 Å². The molecule has 2 N–H and O–H groups in total. The molecule has 0 spiro atoms. The SMILES string of the molecule is CCCOc1ccc(CCC(=O)O)cc1NC(=O)CC(C)C. The van der Waals surface area contributed by atoms with E-state index in [0.29, 0.717) is 30.9 Å². The Hall–Kier alpha value is -2.04. The van der Waals surface area contributed by atoms with Crippen molar-refractivity contribution in [2.24, 2.45) is 5.92 Å². The van der Waals surface area contributed by atoms with Crippen LogP contribution in [0.15, 0.2) is 18.2 Å². The smallest absolute Gasteiger partial charge is 0.303 e. The van der Waals surface area contributed by atoms with Gasteiger partial charge in [-0.1, -0.05) is 26.8 Å². The van der Waals surface area contributed by atoms with Crippen LogP contribution in [0.4, 0.5) is 5.69 Å². The topological polar surface area (TPSA) is 75.6 Å². The normalized spacial score (nSPS) is 10.5. The van der Waals surface area contributed by atoms with Crippen LogP contribution in [0.1, 0.15) is 45.6 Å².